The lowest BCUT2D eigenvalue weighted by atomic mass is 10.0. The Bertz CT molecular complexity index is 380. The van der Waals surface area contributed by atoms with Crippen molar-refractivity contribution >= 4 is 5.82 Å². The Kier molecular flexibility index (Phi) is 6.86. The number of rotatable bonds is 8. The number of nitriles is 1. The molecule has 0 spiro atoms. The summed E-state index contributed by atoms with van der Waals surface area (Å²) in [7, 11) is 0. The van der Waals surface area contributed by atoms with Gasteiger partial charge in [-0.2, -0.15) is 5.26 Å². The summed E-state index contributed by atoms with van der Waals surface area (Å²) in [4.78, 5) is 4.18. The van der Waals surface area contributed by atoms with Gasteiger partial charge in [-0.05, 0) is 24.5 Å². The molecule has 3 nitrogen and oxygen atoms in total. The molecule has 0 unspecified atom stereocenters. The maximum atomic E-state index is 8.77. The highest BCUT2D eigenvalue weighted by molar-refractivity contribution is 5.42. The molecule has 98 valence electrons. The van der Waals surface area contributed by atoms with Crippen LogP contribution in [0.3, 0.4) is 0 Å². The largest absolute Gasteiger partial charge is 0.370 e. The zero-order valence-electron chi connectivity index (χ0n) is 11.4. The Morgan fingerprint density at radius 2 is 2.06 bits per heavy atom. The summed E-state index contributed by atoms with van der Waals surface area (Å²) in [6.07, 6.45) is 8.07. The minimum Gasteiger partial charge on any atom is -0.370 e. The van der Waals surface area contributed by atoms with Gasteiger partial charge in [0, 0.05) is 12.7 Å². The zero-order valence-corrected chi connectivity index (χ0v) is 11.4. The Balaban J connectivity index is 2.09. The highest BCUT2D eigenvalue weighted by atomic mass is 15.0. The molecule has 0 aliphatic carbocycles. The van der Waals surface area contributed by atoms with Crippen molar-refractivity contribution in [1.29, 1.82) is 5.26 Å². The predicted molar refractivity (Wildman–Crippen MR) is 75.4 cm³/mol. The number of hydrogen-bond donors (Lipinski definition) is 1. The monoisotopic (exact) mass is 245 g/mol. The number of unbranched alkanes of at least 4 members (excludes halogenated alkanes) is 3. The van der Waals surface area contributed by atoms with Crippen LogP contribution in [0.5, 0.6) is 0 Å². The molecule has 0 saturated heterocycles. The van der Waals surface area contributed by atoms with Gasteiger partial charge in [-0.25, -0.2) is 4.98 Å². The molecule has 1 aromatic heterocycles. The Labute approximate surface area is 110 Å². The molecular formula is C15H23N3. The second-order valence-electron chi connectivity index (χ2n) is 5.07. The average molecular weight is 245 g/mol. The lowest BCUT2D eigenvalue weighted by Crippen LogP contribution is -2.03. The molecule has 0 amide bonds. The van der Waals surface area contributed by atoms with Crippen LogP contribution in [0.1, 0.15) is 51.5 Å². The van der Waals surface area contributed by atoms with E-state index in [1.807, 2.05) is 0 Å². The van der Waals surface area contributed by atoms with Crippen molar-refractivity contribution in [3.63, 3.8) is 0 Å². The van der Waals surface area contributed by atoms with Crippen molar-refractivity contribution in [2.24, 2.45) is 5.92 Å². The summed E-state index contributed by atoms with van der Waals surface area (Å²) < 4.78 is 0. The molecule has 0 fully saturated rings. The Morgan fingerprint density at radius 1 is 1.28 bits per heavy atom. The van der Waals surface area contributed by atoms with E-state index in [-0.39, 0.29) is 0 Å². The Hall–Kier alpha value is -1.56. The molecule has 0 bridgehead atoms. The maximum Gasteiger partial charge on any atom is 0.127 e. The minimum absolute atomic E-state index is 0.657. The standard InChI is InChI=1S/C15H23N3/c1-13(2)7-5-3-4-6-9-17-15-11-14(12-16)8-10-18-15/h8,10-11,13H,3-7,9H2,1-2H3,(H,17,18). The van der Waals surface area contributed by atoms with Crippen molar-refractivity contribution in [2.45, 2.75) is 46.0 Å². The molecule has 0 atom stereocenters. The molecule has 0 radical (unpaired) electrons. The molecule has 3 heteroatoms. The molecule has 1 rings (SSSR count). The van der Waals surface area contributed by atoms with Crippen molar-refractivity contribution in [3.8, 4) is 6.07 Å². The van der Waals surface area contributed by atoms with Crippen molar-refractivity contribution < 1.29 is 0 Å². The fourth-order valence-corrected chi connectivity index (χ4v) is 1.84. The molecule has 0 saturated carbocycles. The first kappa shape index (κ1) is 14.5. The van der Waals surface area contributed by atoms with E-state index in [9.17, 15) is 0 Å². The van der Waals surface area contributed by atoms with Crippen LogP contribution in [-0.2, 0) is 0 Å². The molecule has 1 heterocycles. The summed E-state index contributed by atoms with van der Waals surface area (Å²) in [5, 5.41) is 12.0. The van der Waals surface area contributed by atoms with E-state index >= 15 is 0 Å². The predicted octanol–water partition coefficient (Wildman–Crippen LogP) is 3.97. The first-order valence-electron chi connectivity index (χ1n) is 6.82. The van der Waals surface area contributed by atoms with Gasteiger partial charge in [-0.15, -0.1) is 0 Å². The quantitative estimate of drug-likeness (QED) is 0.705. The van der Waals surface area contributed by atoms with Crippen LogP contribution in [0.15, 0.2) is 18.3 Å². The average Bonchev–Trinajstić information content (AvgIpc) is 2.37. The molecule has 1 aromatic rings. The first-order valence-corrected chi connectivity index (χ1v) is 6.82. The normalized spacial score (nSPS) is 10.3. The lowest BCUT2D eigenvalue weighted by molar-refractivity contribution is 0.523. The van der Waals surface area contributed by atoms with Gasteiger partial charge in [-0.1, -0.05) is 39.5 Å². The third-order valence-corrected chi connectivity index (χ3v) is 2.90. The lowest BCUT2D eigenvalue weighted by Gasteiger charge is -2.06. The van der Waals surface area contributed by atoms with Crippen LogP contribution in [0.2, 0.25) is 0 Å². The summed E-state index contributed by atoms with van der Waals surface area (Å²) >= 11 is 0. The number of anilines is 1. The van der Waals surface area contributed by atoms with Crippen molar-refractivity contribution in [2.75, 3.05) is 11.9 Å². The van der Waals surface area contributed by atoms with E-state index in [1.165, 1.54) is 25.7 Å². The minimum atomic E-state index is 0.657. The smallest absolute Gasteiger partial charge is 0.127 e. The molecular weight excluding hydrogens is 222 g/mol. The van der Waals surface area contributed by atoms with Gasteiger partial charge >= 0.3 is 0 Å². The van der Waals surface area contributed by atoms with Gasteiger partial charge in [0.1, 0.15) is 5.82 Å². The van der Waals surface area contributed by atoms with E-state index in [0.29, 0.717) is 5.56 Å². The van der Waals surface area contributed by atoms with Crippen LogP contribution in [-0.4, -0.2) is 11.5 Å². The number of hydrogen-bond acceptors (Lipinski definition) is 3. The summed E-state index contributed by atoms with van der Waals surface area (Å²) in [6.45, 7) is 5.48. The number of nitrogens with zero attached hydrogens (tertiary/aromatic N) is 2. The molecule has 1 N–H and O–H groups in total. The fourth-order valence-electron chi connectivity index (χ4n) is 1.84. The van der Waals surface area contributed by atoms with Gasteiger partial charge in [0.05, 0.1) is 11.6 Å². The highest BCUT2D eigenvalue weighted by Gasteiger charge is 1.97. The van der Waals surface area contributed by atoms with Crippen molar-refractivity contribution in [1.82, 2.24) is 4.98 Å². The number of nitrogens with one attached hydrogen (secondary N) is 1. The second kappa shape index (κ2) is 8.52. The van der Waals surface area contributed by atoms with Crippen LogP contribution >= 0.6 is 0 Å². The summed E-state index contributed by atoms with van der Waals surface area (Å²) in [6, 6.07) is 5.63. The van der Waals surface area contributed by atoms with Crippen LogP contribution < -0.4 is 5.32 Å². The van der Waals surface area contributed by atoms with Gasteiger partial charge < -0.3 is 5.32 Å². The third-order valence-electron chi connectivity index (χ3n) is 2.90. The van der Waals surface area contributed by atoms with Crippen LogP contribution in [0.25, 0.3) is 0 Å². The van der Waals surface area contributed by atoms with Gasteiger partial charge in [0.2, 0.25) is 0 Å². The van der Waals surface area contributed by atoms with Crippen molar-refractivity contribution in [3.05, 3.63) is 23.9 Å². The first-order chi connectivity index (χ1) is 8.72. The van der Waals surface area contributed by atoms with E-state index in [0.717, 1.165) is 24.7 Å². The van der Waals surface area contributed by atoms with E-state index < -0.39 is 0 Å². The van der Waals surface area contributed by atoms with E-state index in [2.05, 4.69) is 30.2 Å². The molecule has 18 heavy (non-hydrogen) atoms. The molecule has 0 aliphatic rings. The molecule has 0 aromatic carbocycles. The van der Waals surface area contributed by atoms with Crippen LogP contribution in [0, 0.1) is 17.2 Å². The maximum absolute atomic E-state index is 8.77. The van der Waals surface area contributed by atoms with Gasteiger partial charge in [0.15, 0.2) is 0 Å². The zero-order chi connectivity index (χ0) is 13.2. The summed E-state index contributed by atoms with van der Waals surface area (Å²) in [5.41, 5.74) is 0.657. The van der Waals surface area contributed by atoms with E-state index in [4.69, 9.17) is 5.26 Å². The highest BCUT2D eigenvalue weighted by Crippen LogP contribution is 2.10. The Morgan fingerprint density at radius 3 is 2.78 bits per heavy atom. The van der Waals surface area contributed by atoms with E-state index in [1.54, 1.807) is 18.3 Å². The topological polar surface area (TPSA) is 48.7 Å². The second-order valence-corrected chi connectivity index (χ2v) is 5.07. The third kappa shape index (κ3) is 6.24. The SMILES string of the molecule is CC(C)CCCCCCNc1cc(C#N)ccn1. The number of aromatic nitrogens is 1. The number of pyridine rings is 1. The van der Waals surface area contributed by atoms with Crippen LogP contribution in [0.4, 0.5) is 5.82 Å². The summed E-state index contributed by atoms with van der Waals surface area (Å²) in [5.74, 6) is 1.62. The fraction of sp³-hybridized carbons (Fsp3) is 0.600. The van der Waals surface area contributed by atoms with Gasteiger partial charge in [0.25, 0.3) is 0 Å². The van der Waals surface area contributed by atoms with Gasteiger partial charge in [-0.3, -0.25) is 0 Å². The molecule has 0 aliphatic heterocycles.